The number of oxime groups is 1. The lowest BCUT2D eigenvalue weighted by atomic mass is 9.95. The first kappa shape index (κ1) is 15.6. The Morgan fingerprint density at radius 1 is 1.58 bits per heavy atom. The van der Waals surface area contributed by atoms with Gasteiger partial charge in [-0.05, 0) is 19.3 Å². The van der Waals surface area contributed by atoms with Gasteiger partial charge in [0.2, 0.25) is 5.91 Å². The molecule has 1 heterocycles. The van der Waals surface area contributed by atoms with Gasteiger partial charge in [-0.1, -0.05) is 12.1 Å². The minimum atomic E-state index is -4.29. The summed E-state index contributed by atoms with van der Waals surface area (Å²) in [4.78, 5) is 13.2. The van der Waals surface area contributed by atoms with Crippen LogP contribution < -0.4 is 5.73 Å². The minimum Gasteiger partial charge on any atom is -0.409 e. The summed E-state index contributed by atoms with van der Waals surface area (Å²) >= 11 is 0. The molecule has 0 aromatic heterocycles. The fourth-order valence-electron chi connectivity index (χ4n) is 2.24. The van der Waals surface area contributed by atoms with Gasteiger partial charge < -0.3 is 15.8 Å². The van der Waals surface area contributed by atoms with Crippen molar-refractivity contribution in [3.05, 3.63) is 0 Å². The maximum absolute atomic E-state index is 12.7. The number of hydrogen-bond donors (Lipinski definition) is 2. The number of nitrogens with two attached hydrogens (primary N) is 1. The molecule has 0 aliphatic carbocycles. The standard InChI is InChI=1S/C11H18F3N3O2/c1-2-8(9(15)16-19)10(18)17-5-3-4-7(6-17)11(12,13)14/h7-8,19H,2-6H2,1H3,(H2,15,16). The molecule has 2 unspecified atom stereocenters. The maximum atomic E-state index is 12.7. The van der Waals surface area contributed by atoms with Gasteiger partial charge in [0, 0.05) is 13.1 Å². The van der Waals surface area contributed by atoms with E-state index in [0.29, 0.717) is 6.42 Å². The third-order valence-electron chi connectivity index (χ3n) is 3.37. The predicted octanol–water partition coefficient (Wildman–Crippen LogP) is 1.56. The van der Waals surface area contributed by atoms with Gasteiger partial charge in [-0.3, -0.25) is 4.79 Å². The molecule has 0 aromatic rings. The number of hydrogen-bond acceptors (Lipinski definition) is 3. The second-order valence-corrected chi connectivity index (χ2v) is 4.65. The number of amidine groups is 1. The summed E-state index contributed by atoms with van der Waals surface area (Å²) in [7, 11) is 0. The highest BCUT2D eigenvalue weighted by molar-refractivity contribution is 6.02. The second kappa shape index (κ2) is 6.12. The fraction of sp³-hybridized carbons (Fsp3) is 0.818. The fourth-order valence-corrected chi connectivity index (χ4v) is 2.24. The normalized spacial score (nSPS) is 23.3. The number of rotatable bonds is 3. The van der Waals surface area contributed by atoms with E-state index in [4.69, 9.17) is 10.9 Å². The van der Waals surface area contributed by atoms with Crippen LogP contribution in [0.2, 0.25) is 0 Å². The van der Waals surface area contributed by atoms with Crippen LogP contribution in [0.25, 0.3) is 0 Å². The summed E-state index contributed by atoms with van der Waals surface area (Å²) in [6.45, 7) is 1.59. The first-order valence-corrected chi connectivity index (χ1v) is 6.14. The molecule has 19 heavy (non-hydrogen) atoms. The van der Waals surface area contributed by atoms with Crippen molar-refractivity contribution < 1.29 is 23.2 Å². The zero-order valence-electron chi connectivity index (χ0n) is 10.7. The van der Waals surface area contributed by atoms with Crippen LogP contribution in [0, 0.1) is 11.8 Å². The third kappa shape index (κ3) is 3.74. The van der Waals surface area contributed by atoms with Crippen molar-refractivity contribution in [2.45, 2.75) is 32.4 Å². The molecule has 110 valence electrons. The summed E-state index contributed by atoms with van der Waals surface area (Å²) in [6.07, 6.45) is -3.67. The highest BCUT2D eigenvalue weighted by Gasteiger charge is 2.43. The topological polar surface area (TPSA) is 78.9 Å². The molecule has 1 aliphatic heterocycles. The van der Waals surface area contributed by atoms with E-state index in [9.17, 15) is 18.0 Å². The van der Waals surface area contributed by atoms with Gasteiger partial charge in [0.25, 0.3) is 0 Å². The van der Waals surface area contributed by atoms with Crippen molar-refractivity contribution in [1.82, 2.24) is 4.90 Å². The number of amides is 1. The van der Waals surface area contributed by atoms with Crippen molar-refractivity contribution in [2.24, 2.45) is 22.7 Å². The van der Waals surface area contributed by atoms with Crippen LogP contribution in [0.1, 0.15) is 26.2 Å². The summed E-state index contributed by atoms with van der Waals surface area (Å²) in [5, 5.41) is 11.3. The molecule has 5 nitrogen and oxygen atoms in total. The van der Waals surface area contributed by atoms with Gasteiger partial charge in [-0.2, -0.15) is 13.2 Å². The first-order valence-electron chi connectivity index (χ1n) is 6.14. The molecule has 1 rings (SSSR count). The number of alkyl halides is 3. The molecule has 2 atom stereocenters. The Morgan fingerprint density at radius 2 is 2.21 bits per heavy atom. The number of carbonyl (C=O) groups is 1. The summed E-state index contributed by atoms with van der Waals surface area (Å²) < 4.78 is 38.0. The van der Waals surface area contributed by atoms with E-state index < -0.39 is 23.9 Å². The number of likely N-dealkylation sites (tertiary alicyclic amines) is 1. The summed E-state index contributed by atoms with van der Waals surface area (Å²) in [5.74, 6) is -3.12. The number of halogens is 3. The van der Waals surface area contributed by atoms with E-state index >= 15 is 0 Å². The van der Waals surface area contributed by atoms with Gasteiger partial charge >= 0.3 is 6.18 Å². The number of nitrogens with zero attached hydrogens (tertiary/aromatic N) is 2. The monoisotopic (exact) mass is 281 g/mol. The van der Waals surface area contributed by atoms with Crippen LogP contribution in [0.15, 0.2) is 5.16 Å². The summed E-state index contributed by atoms with van der Waals surface area (Å²) in [6, 6.07) is 0. The lowest BCUT2D eigenvalue weighted by Gasteiger charge is -2.35. The molecule has 0 radical (unpaired) electrons. The highest BCUT2D eigenvalue weighted by atomic mass is 19.4. The Bertz CT molecular complexity index is 358. The van der Waals surface area contributed by atoms with Gasteiger partial charge in [0.05, 0.1) is 11.8 Å². The lowest BCUT2D eigenvalue weighted by molar-refractivity contribution is -0.188. The maximum Gasteiger partial charge on any atom is 0.393 e. The number of carbonyl (C=O) groups excluding carboxylic acids is 1. The average Bonchev–Trinajstić information content (AvgIpc) is 2.38. The van der Waals surface area contributed by atoms with Crippen LogP contribution in [0.4, 0.5) is 13.2 Å². The third-order valence-corrected chi connectivity index (χ3v) is 3.37. The Hall–Kier alpha value is -1.47. The van der Waals surface area contributed by atoms with E-state index in [1.165, 1.54) is 0 Å². The summed E-state index contributed by atoms with van der Waals surface area (Å²) in [5.41, 5.74) is 5.39. The van der Waals surface area contributed by atoms with Gasteiger partial charge in [0.1, 0.15) is 0 Å². The van der Waals surface area contributed by atoms with Crippen LogP contribution >= 0.6 is 0 Å². The lowest BCUT2D eigenvalue weighted by Crippen LogP contribution is -2.48. The highest BCUT2D eigenvalue weighted by Crippen LogP contribution is 2.33. The predicted molar refractivity (Wildman–Crippen MR) is 62.5 cm³/mol. The smallest absolute Gasteiger partial charge is 0.393 e. The van der Waals surface area contributed by atoms with E-state index in [1.54, 1.807) is 6.92 Å². The first-order chi connectivity index (χ1) is 8.81. The largest absolute Gasteiger partial charge is 0.409 e. The van der Waals surface area contributed by atoms with Crippen molar-refractivity contribution >= 4 is 11.7 Å². The number of piperidine rings is 1. The van der Waals surface area contributed by atoms with E-state index in [1.807, 2.05) is 0 Å². The second-order valence-electron chi connectivity index (χ2n) is 4.65. The van der Waals surface area contributed by atoms with Crippen molar-refractivity contribution in [2.75, 3.05) is 13.1 Å². The van der Waals surface area contributed by atoms with Crippen LogP contribution in [0.5, 0.6) is 0 Å². The molecule has 0 saturated carbocycles. The van der Waals surface area contributed by atoms with Crippen molar-refractivity contribution in [3.63, 3.8) is 0 Å². The molecule has 0 bridgehead atoms. The Labute approximate surface area is 109 Å². The molecular formula is C11H18F3N3O2. The molecule has 1 saturated heterocycles. The molecule has 1 fully saturated rings. The molecule has 1 aliphatic rings. The minimum absolute atomic E-state index is 0.0354. The molecule has 1 amide bonds. The van der Waals surface area contributed by atoms with Crippen LogP contribution in [-0.2, 0) is 4.79 Å². The Morgan fingerprint density at radius 3 is 2.68 bits per heavy atom. The Kier molecular flexibility index (Phi) is 5.02. The zero-order valence-corrected chi connectivity index (χ0v) is 10.7. The zero-order chi connectivity index (χ0) is 14.6. The SMILES string of the molecule is CCC(C(=O)N1CCCC(C(F)(F)F)C1)C(N)=NO. The average molecular weight is 281 g/mol. The van der Waals surface area contributed by atoms with Crippen molar-refractivity contribution in [3.8, 4) is 0 Å². The van der Waals surface area contributed by atoms with Gasteiger partial charge in [0.15, 0.2) is 5.84 Å². The molecule has 8 heteroatoms. The van der Waals surface area contributed by atoms with E-state index in [2.05, 4.69) is 5.16 Å². The molecule has 0 spiro atoms. The molecular weight excluding hydrogens is 263 g/mol. The van der Waals surface area contributed by atoms with Gasteiger partial charge in [-0.15, -0.1) is 0 Å². The molecule has 0 aromatic carbocycles. The van der Waals surface area contributed by atoms with Crippen LogP contribution in [-0.4, -0.2) is 41.1 Å². The Balaban J connectivity index is 2.76. The quantitative estimate of drug-likeness (QED) is 0.356. The van der Waals surface area contributed by atoms with E-state index in [-0.39, 0.29) is 31.8 Å². The molecule has 3 N–H and O–H groups in total. The van der Waals surface area contributed by atoms with Crippen LogP contribution in [0.3, 0.4) is 0 Å². The van der Waals surface area contributed by atoms with Crippen molar-refractivity contribution in [1.29, 1.82) is 0 Å². The van der Waals surface area contributed by atoms with E-state index in [0.717, 1.165) is 4.90 Å². The van der Waals surface area contributed by atoms with Gasteiger partial charge in [-0.25, -0.2) is 0 Å².